The summed E-state index contributed by atoms with van der Waals surface area (Å²) in [5.41, 5.74) is 4.36. The van der Waals surface area contributed by atoms with Crippen LogP contribution in [0.3, 0.4) is 0 Å². The molecule has 0 saturated carbocycles. The molecule has 1 aromatic rings. The van der Waals surface area contributed by atoms with Gasteiger partial charge in [0.1, 0.15) is 0 Å². The third kappa shape index (κ3) is 3.10. The van der Waals surface area contributed by atoms with Gasteiger partial charge in [0.15, 0.2) is 5.43 Å². The Morgan fingerprint density at radius 1 is 1.59 bits per heavy atom. The fraction of sp³-hybridized carbons (Fsp3) is 0.400. The van der Waals surface area contributed by atoms with Crippen LogP contribution in [-0.4, -0.2) is 18.1 Å². The number of hydrogen-bond donors (Lipinski definition) is 2. The second-order valence-corrected chi connectivity index (χ2v) is 3.30. The van der Waals surface area contributed by atoms with Gasteiger partial charge in [-0.1, -0.05) is 0 Å². The van der Waals surface area contributed by atoms with Gasteiger partial charge in [0.25, 0.3) is 6.43 Å². The summed E-state index contributed by atoms with van der Waals surface area (Å²) in [4.78, 5) is 25.0. The highest BCUT2D eigenvalue weighted by Gasteiger charge is 2.16. The highest BCUT2D eigenvalue weighted by Crippen LogP contribution is 2.16. The number of hydrogen-bond acceptors (Lipinski definition) is 4. The van der Waals surface area contributed by atoms with Gasteiger partial charge in [-0.15, -0.1) is 0 Å². The van der Waals surface area contributed by atoms with E-state index in [0.29, 0.717) is 0 Å². The Morgan fingerprint density at radius 3 is 2.71 bits per heavy atom. The number of nitrogens with two attached hydrogens (primary N) is 1. The predicted molar refractivity (Wildman–Crippen MR) is 55.6 cm³/mol. The first-order valence-corrected chi connectivity index (χ1v) is 4.79. The van der Waals surface area contributed by atoms with E-state index < -0.39 is 23.5 Å². The highest BCUT2D eigenvalue weighted by molar-refractivity contribution is 5.72. The summed E-state index contributed by atoms with van der Waals surface area (Å²) in [5, 5.41) is 0. The Hall–Kier alpha value is -1.76. The quantitative estimate of drug-likeness (QED) is 0.757. The van der Waals surface area contributed by atoms with Crippen LogP contribution in [-0.2, 0) is 22.5 Å². The van der Waals surface area contributed by atoms with Crippen molar-refractivity contribution in [2.75, 3.05) is 7.11 Å². The third-order valence-electron chi connectivity index (χ3n) is 2.23. The number of aromatic nitrogens is 1. The molecule has 1 aromatic heterocycles. The van der Waals surface area contributed by atoms with E-state index in [1.54, 1.807) is 0 Å². The number of esters is 1. The summed E-state index contributed by atoms with van der Waals surface area (Å²) in [6.07, 6.45) is -3.08. The van der Waals surface area contributed by atoms with Crippen LogP contribution in [0.15, 0.2) is 10.9 Å². The summed E-state index contributed by atoms with van der Waals surface area (Å²) in [6.45, 7) is -0.137. The van der Waals surface area contributed by atoms with Crippen molar-refractivity contribution in [1.82, 2.24) is 4.98 Å². The Morgan fingerprint density at radius 2 is 2.24 bits per heavy atom. The monoisotopic (exact) mass is 246 g/mol. The van der Waals surface area contributed by atoms with Crippen molar-refractivity contribution < 1.29 is 18.3 Å². The molecule has 0 bridgehead atoms. The first-order chi connectivity index (χ1) is 7.99. The number of ether oxygens (including phenoxy) is 1. The van der Waals surface area contributed by atoms with E-state index in [2.05, 4.69) is 9.72 Å². The van der Waals surface area contributed by atoms with E-state index in [1.807, 2.05) is 0 Å². The number of carbonyl (C=O) groups excluding carboxylic acids is 1. The maximum Gasteiger partial charge on any atom is 0.310 e. The molecular weight excluding hydrogens is 234 g/mol. The lowest BCUT2D eigenvalue weighted by atomic mass is 10.1. The van der Waals surface area contributed by atoms with Crippen LogP contribution in [0.5, 0.6) is 0 Å². The number of pyridine rings is 1. The summed E-state index contributed by atoms with van der Waals surface area (Å²) < 4.78 is 29.2. The average molecular weight is 246 g/mol. The number of nitrogens with one attached hydrogen (secondary N) is 1. The zero-order valence-electron chi connectivity index (χ0n) is 9.13. The van der Waals surface area contributed by atoms with Crippen LogP contribution in [0.25, 0.3) is 0 Å². The van der Waals surface area contributed by atoms with Crippen LogP contribution < -0.4 is 11.2 Å². The van der Waals surface area contributed by atoms with E-state index in [-0.39, 0.29) is 24.2 Å². The van der Waals surface area contributed by atoms with Gasteiger partial charge in [-0.3, -0.25) is 9.59 Å². The summed E-state index contributed by atoms with van der Waals surface area (Å²) in [6, 6.07) is 0.766. The molecule has 0 radical (unpaired) electrons. The standard InChI is InChI=1S/C10H12F2N2O3/c1-17-9(16)2-5-7(4-13)14-6(10(11)12)3-8(5)15/h3,10H,2,4,13H2,1H3,(H,14,15). The summed E-state index contributed by atoms with van der Waals surface area (Å²) in [7, 11) is 1.17. The molecule has 0 aliphatic heterocycles. The van der Waals surface area contributed by atoms with Crippen molar-refractivity contribution >= 4 is 5.97 Å². The molecular formula is C10H12F2N2O3. The van der Waals surface area contributed by atoms with Crippen molar-refractivity contribution in [2.45, 2.75) is 19.4 Å². The molecule has 0 aliphatic carbocycles. The van der Waals surface area contributed by atoms with Crippen LogP contribution in [0.1, 0.15) is 23.4 Å². The molecule has 0 spiro atoms. The fourth-order valence-electron chi connectivity index (χ4n) is 1.36. The van der Waals surface area contributed by atoms with E-state index in [9.17, 15) is 18.4 Å². The maximum atomic E-state index is 12.4. The summed E-state index contributed by atoms with van der Waals surface area (Å²) >= 11 is 0. The Kier molecular flexibility index (Phi) is 4.33. The van der Waals surface area contributed by atoms with Gasteiger partial charge in [0, 0.05) is 23.9 Å². The van der Waals surface area contributed by atoms with Gasteiger partial charge < -0.3 is 15.5 Å². The molecule has 0 fully saturated rings. The van der Waals surface area contributed by atoms with Crippen molar-refractivity contribution in [3.8, 4) is 0 Å². The fourth-order valence-corrected chi connectivity index (χ4v) is 1.36. The average Bonchev–Trinajstić information content (AvgIpc) is 2.30. The van der Waals surface area contributed by atoms with Crippen LogP contribution in [0.4, 0.5) is 8.78 Å². The van der Waals surface area contributed by atoms with E-state index in [0.717, 1.165) is 6.07 Å². The molecule has 1 rings (SSSR count). The van der Waals surface area contributed by atoms with Gasteiger partial charge in [-0.05, 0) is 0 Å². The van der Waals surface area contributed by atoms with Crippen molar-refractivity contribution in [2.24, 2.45) is 5.73 Å². The molecule has 0 saturated heterocycles. The molecule has 5 nitrogen and oxygen atoms in total. The van der Waals surface area contributed by atoms with E-state index in [1.165, 1.54) is 7.11 Å². The number of H-pyrrole nitrogens is 1. The second kappa shape index (κ2) is 5.53. The minimum absolute atomic E-state index is 0.0590. The molecule has 0 aromatic carbocycles. The molecule has 0 amide bonds. The largest absolute Gasteiger partial charge is 0.469 e. The SMILES string of the molecule is COC(=O)Cc1c(CN)[nH]c(C(F)F)cc1=O. The van der Waals surface area contributed by atoms with Crippen molar-refractivity contribution in [3.63, 3.8) is 0 Å². The zero-order valence-corrected chi connectivity index (χ0v) is 9.13. The molecule has 0 unspecified atom stereocenters. The number of halogens is 2. The second-order valence-electron chi connectivity index (χ2n) is 3.30. The lowest BCUT2D eigenvalue weighted by Gasteiger charge is -2.09. The number of methoxy groups -OCH3 is 1. The molecule has 1 heterocycles. The van der Waals surface area contributed by atoms with Crippen LogP contribution in [0.2, 0.25) is 0 Å². The molecule has 94 valence electrons. The van der Waals surface area contributed by atoms with E-state index in [4.69, 9.17) is 5.73 Å². The van der Waals surface area contributed by atoms with Crippen molar-refractivity contribution in [1.29, 1.82) is 0 Å². The van der Waals surface area contributed by atoms with Gasteiger partial charge >= 0.3 is 5.97 Å². The minimum atomic E-state index is -2.79. The maximum absolute atomic E-state index is 12.4. The van der Waals surface area contributed by atoms with Gasteiger partial charge in [-0.25, -0.2) is 8.78 Å². The minimum Gasteiger partial charge on any atom is -0.469 e. The Bertz CT molecular complexity index is 471. The lowest BCUT2D eigenvalue weighted by Crippen LogP contribution is -2.21. The third-order valence-corrected chi connectivity index (χ3v) is 2.23. The van der Waals surface area contributed by atoms with Crippen LogP contribution in [0, 0.1) is 0 Å². The molecule has 3 N–H and O–H groups in total. The number of alkyl halides is 2. The number of rotatable bonds is 4. The Labute approximate surface area is 95.6 Å². The smallest absolute Gasteiger partial charge is 0.310 e. The zero-order chi connectivity index (χ0) is 13.0. The first kappa shape index (κ1) is 13.3. The van der Waals surface area contributed by atoms with E-state index >= 15 is 0 Å². The predicted octanol–water partition coefficient (Wildman–Crippen LogP) is 0.487. The lowest BCUT2D eigenvalue weighted by molar-refractivity contribution is -0.139. The number of aromatic amines is 1. The van der Waals surface area contributed by atoms with Crippen molar-refractivity contribution in [3.05, 3.63) is 33.2 Å². The Balaban J connectivity index is 3.21. The molecule has 0 atom stereocenters. The van der Waals surface area contributed by atoms with Gasteiger partial charge in [-0.2, -0.15) is 0 Å². The van der Waals surface area contributed by atoms with Gasteiger partial charge in [0.2, 0.25) is 0 Å². The first-order valence-electron chi connectivity index (χ1n) is 4.79. The molecule has 7 heteroatoms. The number of carbonyl (C=O) groups is 1. The highest BCUT2D eigenvalue weighted by atomic mass is 19.3. The summed E-state index contributed by atoms with van der Waals surface area (Å²) in [5.74, 6) is -0.630. The van der Waals surface area contributed by atoms with Gasteiger partial charge in [0.05, 0.1) is 19.2 Å². The topological polar surface area (TPSA) is 85.2 Å². The molecule has 0 aliphatic rings. The molecule has 17 heavy (non-hydrogen) atoms. The normalized spacial score (nSPS) is 10.6. The van der Waals surface area contributed by atoms with Crippen LogP contribution >= 0.6 is 0 Å².